The fourth-order valence-corrected chi connectivity index (χ4v) is 6.89. The summed E-state index contributed by atoms with van der Waals surface area (Å²) in [5, 5.41) is 24.7. The van der Waals surface area contributed by atoms with E-state index in [4.69, 9.17) is 54.3 Å². The van der Waals surface area contributed by atoms with Crippen LogP contribution in [0.5, 0.6) is 11.5 Å². The van der Waals surface area contributed by atoms with E-state index >= 15 is 0 Å². The molecule has 0 unspecified atom stereocenters. The van der Waals surface area contributed by atoms with Gasteiger partial charge in [-0.1, -0.05) is 50.9 Å². The van der Waals surface area contributed by atoms with Crippen LogP contribution in [0.4, 0.5) is 11.4 Å². The van der Waals surface area contributed by atoms with Crippen LogP contribution in [0.15, 0.2) is 98.1 Å². The van der Waals surface area contributed by atoms with Crippen molar-refractivity contribution in [3.8, 4) is 34.0 Å². The summed E-state index contributed by atoms with van der Waals surface area (Å²) in [4.78, 5) is 34.7. The van der Waals surface area contributed by atoms with Crippen LogP contribution in [0, 0.1) is 11.8 Å². The van der Waals surface area contributed by atoms with Crippen molar-refractivity contribution in [3.05, 3.63) is 119 Å². The highest BCUT2D eigenvalue weighted by Crippen LogP contribution is 2.38. The fraction of sp³-hybridized carbons (Fsp3) is 0.273. The lowest BCUT2D eigenvalue weighted by molar-refractivity contribution is 0.102. The molecule has 0 aliphatic carbocycles. The summed E-state index contributed by atoms with van der Waals surface area (Å²) in [6.07, 6.45) is 13.2. The molecular formula is C44H48Cl2N14O4. The van der Waals surface area contributed by atoms with Gasteiger partial charge in [0.15, 0.2) is 11.3 Å². The molecule has 6 aromatic heterocycles. The average molecular weight is 908 g/mol. The van der Waals surface area contributed by atoms with E-state index < -0.39 is 0 Å². The van der Waals surface area contributed by atoms with E-state index in [-0.39, 0.29) is 35.7 Å². The van der Waals surface area contributed by atoms with Gasteiger partial charge in [0.1, 0.15) is 34.0 Å². The number of fused-ring (bicyclic) bond motifs is 2. The molecule has 0 aliphatic heterocycles. The number of hydrogen-bond donors (Lipinski definition) is 4. The standard InChI is InChI=1S/2C22H24ClN7O2/c2*1-13(2)17(24)11-29-12-18(20(28-29)15-9-14(23)5-6-19(15)32-3)27-22(31)16-10-26-30-8-4-7-25-21(16)30/h2*4-10,12-13,17H,11,24H2,1-3H3,(H,27,31)/t2*17-/m10/s1. The zero-order valence-electron chi connectivity index (χ0n) is 36.0. The lowest BCUT2D eigenvalue weighted by Gasteiger charge is -2.15. The number of nitrogens with one attached hydrogen (secondary N) is 2. The highest BCUT2D eigenvalue weighted by Gasteiger charge is 2.24. The Labute approximate surface area is 378 Å². The minimum atomic E-state index is -0.353. The number of nitrogens with zero attached hydrogens (tertiary/aromatic N) is 10. The van der Waals surface area contributed by atoms with Gasteiger partial charge in [0, 0.05) is 70.4 Å². The van der Waals surface area contributed by atoms with Gasteiger partial charge >= 0.3 is 0 Å². The number of benzene rings is 2. The zero-order chi connectivity index (χ0) is 45.7. The molecule has 0 bridgehead atoms. The Balaban J connectivity index is 0.000000191. The van der Waals surface area contributed by atoms with Crippen LogP contribution in [0.1, 0.15) is 48.4 Å². The predicted octanol–water partition coefficient (Wildman–Crippen LogP) is 6.98. The summed E-state index contributed by atoms with van der Waals surface area (Å²) in [5.74, 6) is 1.00. The van der Waals surface area contributed by atoms with Gasteiger partial charge in [-0.15, -0.1) is 0 Å². The van der Waals surface area contributed by atoms with Gasteiger partial charge in [0.05, 0.1) is 51.1 Å². The van der Waals surface area contributed by atoms with Gasteiger partial charge in [-0.05, 0) is 60.4 Å². The fourth-order valence-electron chi connectivity index (χ4n) is 6.55. The Bertz CT molecular complexity index is 2720. The second-order valence-electron chi connectivity index (χ2n) is 15.5. The highest BCUT2D eigenvalue weighted by atomic mass is 35.5. The van der Waals surface area contributed by atoms with Gasteiger partial charge in [-0.3, -0.25) is 19.0 Å². The number of amides is 2. The van der Waals surface area contributed by atoms with Crippen molar-refractivity contribution in [1.29, 1.82) is 0 Å². The summed E-state index contributed by atoms with van der Waals surface area (Å²) >= 11 is 12.5. The van der Waals surface area contributed by atoms with Gasteiger partial charge in [-0.25, -0.2) is 19.0 Å². The molecule has 8 aromatic rings. The third-order valence-corrected chi connectivity index (χ3v) is 10.9. The number of carbonyl (C=O) groups excluding carboxylic acids is 2. The van der Waals surface area contributed by atoms with Crippen molar-refractivity contribution >= 4 is 57.7 Å². The first-order valence-electron chi connectivity index (χ1n) is 20.3. The maximum atomic E-state index is 13.1. The number of nitrogens with two attached hydrogens (primary N) is 2. The number of carbonyl (C=O) groups is 2. The number of anilines is 2. The van der Waals surface area contributed by atoms with Gasteiger partial charge in [-0.2, -0.15) is 20.4 Å². The third-order valence-electron chi connectivity index (χ3n) is 10.4. The number of methoxy groups -OCH3 is 2. The van der Waals surface area contributed by atoms with Gasteiger partial charge in [0.25, 0.3) is 11.8 Å². The number of halogens is 2. The van der Waals surface area contributed by atoms with Crippen LogP contribution in [0.25, 0.3) is 33.8 Å². The van der Waals surface area contributed by atoms with E-state index in [0.717, 1.165) is 0 Å². The Hall–Kier alpha value is -6.86. The molecule has 332 valence electrons. The van der Waals surface area contributed by atoms with Crippen molar-refractivity contribution in [2.45, 2.75) is 52.9 Å². The highest BCUT2D eigenvalue weighted by molar-refractivity contribution is 6.31. The quantitative estimate of drug-likeness (QED) is 0.0867. The van der Waals surface area contributed by atoms with Crippen molar-refractivity contribution in [3.63, 3.8) is 0 Å². The summed E-state index contributed by atoms with van der Waals surface area (Å²) in [6.45, 7) is 9.18. The molecule has 64 heavy (non-hydrogen) atoms. The largest absolute Gasteiger partial charge is 0.496 e. The molecule has 0 spiro atoms. The second-order valence-corrected chi connectivity index (χ2v) is 16.4. The van der Waals surface area contributed by atoms with Crippen molar-refractivity contribution in [2.24, 2.45) is 23.3 Å². The minimum Gasteiger partial charge on any atom is -0.496 e. The zero-order valence-corrected chi connectivity index (χ0v) is 37.5. The van der Waals surface area contributed by atoms with E-state index in [0.29, 0.717) is 90.9 Å². The minimum absolute atomic E-state index is 0.101. The maximum absolute atomic E-state index is 13.1. The van der Waals surface area contributed by atoms with Crippen LogP contribution < -0.4 is 31.6 Å². The maximum Gasteiger partial charge on any atom is 0.261 e. The van der Waals surface area contributed by atoms with Crippen LogP contribution in [0.3, 0.4) is 0 Å². The number of rotatable bonds is 14. The first-order chi connectivity index (χ1) is 30.7. The van der Waals surface area contributed by atoms with Crippen LogP contribution in [-0.4, -0.2) is 86.9 Å². The molecule has 2 atom stereocenters. The Morgan fingerprint density at radius 1 is 0.672 bits per heavy atom. The topological polar surface area (TPSA) is 225 Å². The molecule has 2 amide bonds. The van der Waals surface area contributed by atoms with Crippen molar-refractivity contribution < 1.29 is 19.1 Å². The lowest BCUT2D eigenvalue weighted by atomic mass is 10.1. The Morgan fingerprint density at radius 3 is 1.45 bits per heavy atom. The van der Waals surface area contributed by atoms with Gasteiger partial charge in [0.2, 0.25) is 0 Å². The van der Waals surface area contributed by atoms with E-state index in [1.54, 1.807) is 118 Å². The second kappa shape index (κ2) is 19.7. The molecule has 2 aromatic carbocycles. The normalized spacial score (nSPS) is 12.3. The number of ether oxygens (including phenoxy) is 2. The molecule has 0 saturated heterocycles. The van der Waals surface area contributed by atoms with E-state index in [1.165, 1.54) is 12.4 Å². The Morgan fingerprint density at radius 2 is 1.08 bits per heavy atom. The molecular weight excluding hydrogens is 859 g/mol. The van der Waals surface area contributed by atoms with Crippen LogP contribution in [-0.2, 0) is 13.1 Å². The van der Waals surface area contributed by atoms with Crippen LogP contribution in [0.2, 0.25) is 10.0 Å². The van der Waals surface area contributed by atoms with E-state index in [9.17, 15) is 9.59 Å². The molecule has 20 heteroatoms. The average Bonchev–Trinajstić information content (AvgIpc) is 4.09. The summed E-state index contributed by atoms with van der Waals surface area (Å²) in [6, 6.07) is 13.8. The number of aromatic nitrogens is 10. The van der Waals surface area contributed by atoms with Crippen molar-refractivity contribution in [1.82, 2.24) is 48.8 Å². The molecule has 0 aliphatic rings. The smallest absolute Gasteiger partial charge is 0.261 e. The SMILES string of the molecule is COc1ccc(Cl)cc1-c1nn(C[C@@H](N)C(C)C)cc1NC(=O)c1cnn2cccnc12.COc1ccc(Cl)cc1-c1nn(C[C@H](N)C(C)C)cc1NC(=O)c1cnn2cccnc12. The summed E-state index contributed by atoms with van der Waals surface area (Å²) in [7, 11) is 3.14. The molecule has 0 fully saturated rings. The first kappa shape index (κ1) is 45.2. The Kier molecular flexibility index (Phi) is 13.9. The lowest BCUT2D eigenvalue weighted by Crippen LogP contribution is -2.31. The molecule has 18 nitrogen and oxygen atoms in total. The molecule has 8 rings (SSSR count). The summed E-state index contributed by atoms with van der Waals surface area (Å²) in [5.41, 5.74) is 17.5. The van der Waals surface area contributed by atoms with E-state index in [2.05, 4.69) is 58.5 Å². The predicted molar refractivity (Wildman–Crippen MR) is 246 cm³/mol. The molecule has 0 saturated carbocycles. The molecule has 6 heterocycles. The monoisotopic (exact) mass is 906 g/mol. The van der Waals surface area contributed by atoms with Gasteiger partial charge < -0.3 is 31.6 Å². The van der Waals surface area contributed by atoms with E-state index in [1.807, 2.05) is 0 Å². The number of hydrogen-bond acceptors (Lipinski definition) is 12. The van der Waals surface area contributed by atoms with Crippen LogP contribution >= 0.6 is 23.2 Å². The van der Waals surface area contributed by atoms with Crippen molar-refractivity contribution in [2.75, 3.05) is 24.9 Å². The summed E-state index contributed by atoms with van der Waals surface area (Å²) < 4.78 is 17.5. The first-order valence-corrected chi connectivity index (χ1v) is 21.0. The third kappa shape index (κ3) is 10.00. The molecule has 6 N–H and O–H groups in total. The molecule has 0 radical (unpaired) electrons.